The molecule has 1 aromatic carbocycles. The maximum Gasteiger partial charge on any atom is 0.137 e. The van der Waals surface area contributed by atoms with Crippen molar-refractivity contribution in [1.82, 2.24) is 14.8 Å². The third-order valence-electron chi connectivity index (χ3n) is 2.48. The topological polar surface area (TPSA) is 50.9 Å². The Morgan fingerprint density at radius 3 is 2.39 bits per heavy atom. The maximum atomic E-state index is 10.5. The Morgan fingerprint density at radius 1 is 1.28 bits per heavy atom. The summed E-state index contributed by atoms with van der Waals surface area (Å²) in [6, 6.07) is 3.08. The first kappa shape index (κ1) is 13.6. The van der Waals surface area contributed by atoms with Crippen molar-refractivity contribution in [2.24, 2.45) is 0 Å². The lowest BCUT2D eigenvalue weighted by Crippen LogP contribution is -2.28. The van der Waals surface area contributed by atoms with Crippen LogP contribution >= 0.6 is 34.8 Å². The molecular weight excluding hydrogens is 296 g/mol. The van der Waals surface area contributed by atoms with Crippen molar-refractivity contribution in [3.05, 3.63) is 45.4 Å². The predicted molar refractivity (Wildman–Crippen MR) is 71.1 cm³/mol. The zero-order valence-corrected chi connectivity index (χ0v) is 11.7. The molecule has 1 N–H and O–H groups in total. The van der Waals surface area contributed by atoms with Crippen LogP contribution in [0.4, 0.5) is 0 Å². The molecule has 96 valence electrons. The summed E-state index contributed by atoms with van der Waals surface area (Å²) in [7, 11) is 0. The van der Waals surface area contributed by atoms with Gasteiger partial charge in [0.2, 0.25) is 0 Å². The van der Waals surface area contributed by atoms with Gasteiger partial charge < -0.3 is 5.11 Å². The molecule has 7 heteroatoms. The number of aromatic nitrogens is 3. The molecular formula is C11H10Cl3N3O. The minimum atomic E-state index is -1.27. The highest BCUT2D eigenvalue weighted by Gasteiger charge is 2.29. The van der Waals surface area contributed by atoms with E-state index in [1.165, 1.54) is 17.3 Å². The largest absolute Gasteiger partial charge is 0.383 e. The second kappa shape index (κ2) is 5.05. The average Bonchev–Trinajstić information content (AvgIpc) is 2.66. The number of rotatable bonds is 3. The first-order valence-electron chi connectivity index (χ1n) is 5.10. The fourth-order valence-corrected chi connectivity index (χ4v) is 2.99. The van der Waals surface area contributed by atoms with Gasteiger partial charge in [-0.3, -0.25) is 0 Å². The normalized spacial score (nSPS) is 14.5. The molecule has 2 aromatic rings. The van der Waals surface area contributed by atoms with Gasteiger partial charge in [0.1, 0.15) is 18.3 Å². The Hall–Kier alpha value is -0.810. The Bertz CT molecular complexity index is 532. The number of hydrogen-bond acceptors (Lipinski definition) is 3. The highest BCUT2D eigenvalue weighted by Crippen LogP contribution is 2.37. The van der Waals surface area contributed by atoms with Gasteiger partial charge >= 0.3 is 0 Å². The maximum absolute atomic E-state index is 10.5. The van der Waals surface area contributed by atoms with Crippen molar-refractivity contribution in [1.29, 1.82) is 0 Å². The zero-order chi connectivity index (χ0) is 13.3. The quantitative estimate of drug-likeness (QED) is 0.947. The Balaban J connectivity index is 2.40. The van der Waals surface area contributed by atoms with Crippen molar-refractivity contribution >= 4 is 34.8 Å². The van der Waals surface area contributed by atoms with Gasteiger partial charge in [-0.05, 0) is 19.1 Å². The molecule has 1 heterocycles. The van der Waals surface area contributed by atoms with Gasteiger partial charge in [-0.1, -0.05) is 34.8 Å². The molecule has 0 aliphatic heterocycles. The van der Waals surface area contributed by atoms with Crippen LogP contribution in [0.1, 0.15) is 12.5 Å². The molecule has 0 saturated carbocycles. The molecule has 0 radical (unpaired) electrons. The Morgan fingerprint density at radius 2 is 1.89 bits per heavy atom. The van der Waals surface area contributed by atoms with Crippen LogP contribution in [0.2, 0.25) is 15.1 Å². The fraction of sp³-hybridized carbons (Fsp3) is 0.273. The van der Waals surface area contributed by atoms with Gasteiger partial charge in [-0.15, -0.1) is 0 Å². The van der Waals surface area contributed by atoms with Gasteiger partial charge in [0.05, 0.1) is 6.54 Å². The molecule has 0 bridgehead atoms. The predicted octanol–water partition coefficient (Wildman–Crippen LogP) is 3.15. The zero-order valence-electron chi connectivity index (χ0n) is 9.44. The monoisotopic (exact) mass is 305 g/mol. The van der Waals surface area contributed by atoms with E-state index in [9.17, 15) is 5.11 Å². The lowest BCUT2D eigenvalue weighted by atomic mass is 9.96. The highest BCUT2D eigenvalue weighted by atomic mass is 35.5. The lowest BCUT2D eigenvalue weighted by Gasteiger charge is -2.25. The van der Waals surface area contributed by atoms with E-state index in [2.05, 4.69) is 10.1 Å². The van der Waals surface area contributed by atoms with Crippen LogP contribution < -0.4 is 0 Å². The Labute approximate surface area is 119 Å². The average molecular weight is 307 g/mol. The summed E-state index contributed by atoms with van der Waals surface area (Å²) in [5.74, 6) is 0. The first-order chi connectivity index (χ1) is 8.40. The Kier molecular flexibility index (Phi) is 3.82. The standard InChI is InChI=1S/C11H10Cl3N3O/c1-11(18,4-17-6-15-5-16-17)10-8(13)2-7(12)3-9(10)14/h2-3,5-6,18H,4H2,1H3. The number of benzene rings is 1. The number of halogens is 3. The van der Waals surface area contributed by atoms with E-state index in [1.54, 1.807) is 19.1 Å². The van der Waals surface area contributed by atoms with Crippen LogP contribution in [0, 0.1) is 0 Å². The molecule has 0 fully saturated rings. The third-order valence-corrected chi connectivity index (χ3v) is 3.30. The van der Waals surface area contributed by atoms with Crippen molar-refractivity contribution in [3.8, 4) is 0 Å². The molecule has 4 nitrogen and oxygen atoms in total. The van der Waals surface area contributed by atoms with E-state index in [1.807, 2.05) is 0 Å². The van der Waals surface area contributed by atoms with Crippen LogP contribution in [0.5, 0.6) is 0 Å². The van der Waals surface area contributed by atoms with Crippen molar-refractivity contribution in [3.63, 3.8) is 0 Å². The van der Waals surface area contributed by atoms with Crippen LogP contribution in [0.25, 0.3) is 0 Å². The van der Waals surface area contributed by atoms with E-state index in [4.69, 9.17) is 34.8 Å². The number of nitrogens with zero attached hydrogens (tertiary/aromatic N) is 3. The van der Waals surface area contributed by atoms with E-state index >= 15 is 0 Å². The van der Waals surface area contributed by atoms with Gasteiger partial charge in [0.15, 0.2) is 0 Å². The summed E-state index contributed by atoms with van der Waals surface area (Å²) in [5, 5.41) is 15.5. The fourth-order valence-electron chi connectivity index (χ4n) is 1.77. The van der Waals surface area contributed by atoms with Gasteiger partial charge in [0.25, 0.3) is 0 Å². The highest BCUT2D eigenvalue weighted by molar-refractivity contribution is 6.39. The van der Waals surface area contributed by atoms with Crippen molar-refractivity contribution in [2.75, 3.05) is 0 Å². The second-order valence-electron chi connectivity index (χ2n) is 4.11. The summed E-state index contributed by atoms with van der Waals surface area (Å²) in [6.07, 6.45) is 2.90. The molecule has 0 aliphatic rings. The van der Waals surface area contributed by atoms with E-state index in [0.29, 0.717) is 20.6 Å². The van der Waals surface area contributed by atoms with E-state index < -0.39 is 5.60 Å². The minimum Gasteiger partial charge on any atom is -0.383 e. The van der Waals surface area contributed by atoms with Crippen LogP contribution in [-0.2, 0) is 12.1 Å². The number of aliphatic hydroxyl groups is 1. The molecule has 0 amide bonds. The molecule has 1 unspecified atom stereocenters. The molecule has 0 saturated heterocycles. The molecule has 0 spiro atoms. The molecule has 1 atom stereocenters. The van der Waals surface area contributed by atoms with E-state index in [0.717, 1.165) is 0 Å². The smallest absolute Gasteiger partial charge is 0.137 e. The van der Waals surface area contributed by atoms with Crippen molar-refractivity contribution < 1.29 is 5.11 Å². The summed E-state index contributed by atoms with van der Waals surface area (Å²) in [4.78, 5) is 3.81. The molecule has 18 heavy (non-hydrogen) atoms. The number of hydrogen-bond donors (Lipinski definition) is 1. The SMILES string of the molecule is CC(O)(Cn1cncn1)c1c(Cl)cc(Cl)cc1Cl. The van der Waals surface area contributed by atoms with Crippen LogP contribution in [-0.4, -0.2) is 19.9 Å². The van der Waals surface area contributed by atoms with Crippen molar-refractivity contribution in [2.45, 2.75) is 19.1 Å². The second-order valence-corrected chi connectivity index (χ2v) is 5.36. The lowest BCUT2D eigenvalue weighted by molar-refractivity contribution is 0.0347. The summed E-state index contributed by atoms with van der Waals surface area (Å²) in [5.41, 5.74) is -0.849. The van der Waals surface area contributed by atoms with Gasteiger partial charge in [-0.25, -0.2) is 9.67 Å². The first-order valence-corrected chi connectivity index (χ1v) is 6.23. The van der Waals surface area contributed by atoms with Gasteiger partial charge in [0, 0.05) is 20.6 Å². The third kappa shape index (κ3) is 2.78. The minimum absolute atomic E-state index is 0.189. The van der Waals surface area contributed by atoms with Crippen LogP contribution in [0.15, 0.2) is 24.8 Å². The van der Waals surface area contributed by atoms with Gasteiger partial charge in [-0.2, -0.15) is 5.10 Å². The van der Waals surface area contributed by atoms with Crippen LogP contribution in [0.3, 0.4) is 0 Å². The molecule has 2 rings (SSSR count). The molecule has 0 aliphatic carbocycles. The molecule has 1 aromatic heterocycles. The summed E-state index contributed by atoms with van der Waals surface area (Å²) in [6.45, 7) is 1.80. The van der Waals surface area contributed by atoms with E-state index in [-0.39, 0.29) is 6.54 Å². The summed E-state index contributed by atoms with van der Waals surface area (Å²) < 4.78 is 1.50. The summed E-state index contributed by atoms with van der Waals surface area (Å²) >= 11 is 18.0.